The van der Waals surface area contributed by atoms with Gasteiger partial charge >= 0.3 is 0 Å². The number of rotatable bonds is 1. The molecule has 0 saturated heterocycles. The highest BCUT2D eigenvalue weighted by Crippen LogP contribution is 2.34. The minimum Gasteiger partial charge on any atom is -0.436 e. The maximum absolute atomic E-state index is 6.13. The van der Waals surface area contributed by atoms with Crippen molar-refractivity contribution >= 4 is 16.8 Å². The minimum atomic E-state index is 0.649. The summed E-state index contributed by atoms with van der Waals surface area (Å²) in [4.78, 5) is 4.65. The van der Waals surface area contributed by atoms with Gasteiger partial charge in [-0.3, -0.25) is 0 Å². The summed E-state index contributed by atoms with van der Waals surface area (Å²) in [5.74, 6) is 0.649. The van der Waals surface area contributed by atoms with Gasteiger partial charge in [0.15, 0.2) is 5.58 Å². The molecule has 0 bridgehead atoms. The third kappa shape index (κ3) is 1.78. The fourth-order valence-electron chi connectivity index (χ4n) is 2.43. The molecule has 1 aromatic heterocycles. The number of oxazole rings is 1. The lowest BCUT2D eigenvalue weighted by Crippen LogP contribution is -1.97. The second-order valence-corrected chi connectivity index (χ2v) is 5.35. The third-order valence-electron chi connectivity index (χ3n) is 3.99. The SMILES string of the molecule is Cc1ccc(-c2nc3c(C)c(C)c(N)c(C)c3o2)cc1. The molecule has 3 aromatic rings. The lowest BCUT2D eigenvalue weighted by atomic mass is 10.0. The quantitative estimate of drug-likeness (QED) is 0.668. The van der Waals surface area contributed by atoms with E-state index in [0.29, 0.717) is 5.89 Å². The van der Waals surface area contributed by atoms with Crippen LogP contribution in [0.2, 0.25) is 0 Å². The Balaban J connectivity index is 2.28. The van der Waals surface area contributed by atoms with Crippen molar-refractivity contribution in [3.05, 3.63) is 46.5 Å². The molecule has 20 heavy (non-hydrogen) atoms. The zero-order valence-corrected chi connectivity index (χ0v) is 12.2. The van der Waals surface area contributed by atoms with Gasteiger partial charge in [-0.05, 0) is 51.0 Å². The van der Waals surface area contributed by atoms with E-state index in [4.69, 9.17) is 10.2 Å². The van der Waals surface area contributed by atoms with Gasteiger partial charge < -0.3 is 10.2 Å². The van der Waals surface area contributed by atoms with E-state index in [1.54, 1.807) is 0 Å². The van der Waals surface area contributed by atoms with Crippen LogP contribution in [0.25, 0.3) is 22.6 Å². The Bertz CT molecular complexity index is 753. The molecule has 1 heterocycles. The average Bonchev–Trinajstić information content (AvgIpc) is 2.89. The number of hydrogen-bond acceptors (Lipinski definition) is 3. The summed E-state index contributed by atoms with van der Waals surface area (Å²) in [5.41, 5.74) is 14.0. The first-order valence-electron chi connectivity index (χ1n) is 6.72. The van der Waals surface area contributed by atoms with Crippen molar-refractivity contribution in [2.45, 2.75) is 27.7 Å². The summed E-state index contributed by atoms with van der Waals surface area (Å²) in [6.45, 7) is 8.11. The summed E-state index contributed by atoms with van der Waals surface area (Å²) in [5, 5.41) is 0. The van der Waals surface area contributed by atoms with E-state index < -0.39 is 0 Å². The predicted molar refractivity (Wildman–Crippen MR) is 82.8 cm³/mol. The fraction of sp³-hybridized carbons (Fsp3) is 0.235. The van der Waals surface area contributed by atoms with Gasteiger partial charge in [-0.1, -0.05) is 17.7 Å². The highest BCUT2D eigenvalue weighted by molar-refractivity contribution is 5.88. The van der Waals surface area contributed by atoms with E-state index in [1.807, 2.05) is 32.9 Å². The molecule has 3 heteroatoms. The van der Waals surface area contributed by atoms with Crippen LogP contribution in [0.3, 0.4) is 0 Å². The maximum Gasteiger partial charge on any atom is 0.227 e. The van der Waals surface area contributed by atoms with Crippen molar-refractivity contribution in [3.63, 3.8) is 0 Å². The number of fused-ring (bicyclic) bond motifs is 1. The van der Waals surface area contributed by atoms with Gasteiger partial charge in [-0.2, -0.15) is 0 Å². The number of nitrogens with zero attached hydrogens (tertiary/aromatic N) is 1. The lowest BCUT2D eigenvalue weighted by Gasteiger charge is -2.07. The minimum absolute atomic E-state index is 0.649. The van der Waals surface area contributed by atoms with Crippen molar-refractivity contribution in [2.75, 3.05) is 5.73 Å². The van der Waals surface area contributed by atoms with Gasteiger partial charge in [0.25, 0.3) is 0 Å². The average molecular weight is 266 g/mol. The maximum atomic E-state index is 6.13. The lowest BCUT2D eigenvalue weighted by molar-refractivity contribution is 0.617. The Kier molecular flexibility index (Phi) is 2.78. The Hall–Kier alpha value is -2.29. The number of aromatic nitrogens is 1. The van der Waals surface area contributed by atoms with Crippen LogP contribution >= 0.6 is 0 Å². The summed E-state index contributed by atoms with van der Waals surface area (Å²) in [6, 6.07) is 8.18. The van der Waals surface area contributed by atoms with Crippen LogP contribution in [0.15, 0.2) is 28.7 Å². The largest absolute Gasteiger partial charge is 0.436 e. The van der Waals surface area contributed by atoms with E-state index >= 15 is 0 Å². The zero-order chi connectivity index (χ0) is 14.4. The number of nitrogen functional groups attached to an aromatic ring is 1. The van der Waals surface area contributed by atoms with Crippen LogP contribution in [0.5, 0.6) is 0 Å². The monoisotopic (exact) mass is 266 g/mol. The molecule has 0 spiro atoms. The van der Waals surface area contributed by atoms with E-state index in [1.165, 1.54) is 5.56 Å². The number of nitrogens with two attached hydrogens (primary N) is 1. The predicted octanol–water partition coefficient (Wildman–Crippen LogP) is 4.31. The summed E-state index contributed by atoms with van der Waals surface area (Å²) >= 11 is 0. The van der Waals surface area contributed by atoms with Crippen LogP contribution in [-0.4, -0.2) is 4.98 Å². The Morgan fingerprint density at radius 2 is 1.55 bits per heavy atom. The van der Waals surface area contributed by atoms with E-state index in [0.717, 1.165) is 39.0 Å². The van der Waals surface area contributed by atoms with Crippen LogP contribution in [0, 0.1) is 27.7 Å². The number of anilines is 1. The molecule has 0 unspecified atom stereocenters. The smallest absolute Gasteiger partial charge is 0.227 e. The first-order chi connectivity index (χ1) is 9.49. The standard InChI is InChI=1S/C17H18N2O/c1-9-5-7-13(8-6-9)17-19-15-11(3)10(2)14(18)12(4)16(15)20-17/h5-8H,18H2,1-4H3. The fourth-order valence-corrected chi connectivity index (χ4v) is 2.43. The molecule has 102 valence electrons. The number of benzene rings is 2. The van der Waals surface area contributed by atoms with Crippen molar-refractivity contribution < 1.29 is 4.42 Å². The van der Waals surface area contributed by atoms with Gasteiger partial charge in [0.1, 0.15) is 5.52 Å². The van der Waals surface area contributed by atoms with Crippen molar-refractivity contribution in [3.8, 4) is 11.5 Å². The molecule has 2 N–H and O–H groups in total. The first-order valence-corrected chi connectivity index (χ1v) is 6.72. The van der Waals surface area contributed by atoms with Crippen LogP contribution < -0.4 is 5.73 Å². The molecule has 0 amide bonds. The second-order valence-electron chi connectivity index (χ2n) is 5.35. The van der Waals surface area contributed by atoms with Crippen molar-refractivity contribution in [1.29, 1.82) is 0 Å². The van der Waals surface area contributed by atoms with Crippen LogP contribution in [-0.2, 0) is 0 Å². The topological polar surface area (TPSA) is 52.0 Å². The summed E-state index contributed by atoms with van der Waals surface area (Å²) in [6.07, 6.45) is 0. The van der Waals surface area contributed by atoms with Crippen molar-refractivity contribution in [1.82, 2.24) is 4.98 Å². The van der Waals surface area contributed by atoms with Gasteiger partial charge in [-0.15, -0.1) is 0 Å². The van der Waals surface area contributed by atoms with Gasteiger partial charge in [0.05, 0.1) is 0 Å². The molecular weight excluding hydrogens is 248 g/mol. The van der Waals surface area contributed by atoms with Gasteiger partial charge in [0.2, 0.25) is 5.89 Å². The Labute approximate surface area is 118 Å². The molecule has 0 aliphatic rings. The summed E-state index contributed by atoms with van der Waals surface area (Å²) < 4.78 is 5.95. The second kappa shape index (κ2) is 4.37. The van der Waals surface area contributed by atoms with E-state index in [-0.39, 0.29) is 0 Å². The Morgan fingerprint density at radius 1 is 0.900 bits per heavy atom. The molecule has 0 atom stereocenters. The normalized spacial score (nSPS) is 11.2. The highest BCUT2D eigenvalue weighted by Gasteiger charge is 2.16. The van der Waals surface area contributed by atoms with Crippen molar-refractivity contribution in [2.24, 2.45) is 0 Å². The Morgan fingerprint density at radius 3 is 2.20 bits per heavy atom. The molecule has 0 saturated carbocycles. The molecule has 0 aliphatic heterocycles. The molecule has 0 aliphatic carbocycles. The van der Waals surface area contributed by atoms with Crippen LogP contribution in [0.1, 0.15) is 22.3 Å². The van der Waals surface area contributed by atoms with Gasteiger partial charge in [0, 0.05) is 16.8 Å². The number of aryl methyl sites for hydroxylation is 3. The molecule has 0 fully saturated rings. The summed E-state index contributed by atoms with van der Waals surface area (Å²) in [7, 11) is 0. The molecule has 3 nitrogen and oxygen atoms in total. The molecular formula is C17H18N2O. The van der Waals surface area contributed by atoms with Gasteiger partial charge in [-0.25, -0.2) is 4.98 Å². The third-order valence-corrected chi connectivity index (χ3v) is 3.99. The molecule has 2 aromatic carbocycles. The van der Waals surface area contributed by atoms with Crippen LogP contribution in [0.4, 0.5) is 5.69 Å². The first kappa shape index (κ1) is 12.7. The van der Waals surface area contributed by atoms with E-state index in [2.05, 4.69) is 24.0 Å². The highest BCUT2D eigenvalue weighted by atomic mass is 16.3. The number of hydrogen-bond donors (Lipinski definition) is 1. The zero-order valence-electron chi connectivity index (χ0n) is 12.2. The molecule has 3 rings (SSSR count). The molecule has 0 radical (unpaired) electrons. The van der Waals surface area contributed by atoms with E-state index in [9.17, 15) is 0 Å².